The predicted octanol–water partition coefficient (Wildman–Crippen LogP) is 6.04. The van der Waals surface area contributed by atoms with Gasteiger partial charge in [-0.2, -0.15) is 0 Å². The van der Waals surface area contributed by atoms with E-state index in [1.54, 1.807) is 16.7 Å². The Kier molecular flexibility index (Phi) is 5.26. The standard InChI is InChI=1S/C25H17ClF2N4O/c1-14(31-24-17-11-19(27)20(28)12-21(17)29-13-30-24)22-10-15-6-5-9-18(26)23(15)25(33)32(22)16-7-3-2-4-8-16/h2-14H,1H3,(H,29,30,31). The fourth-order valence-corrected chi connectivity index (χ4v) is 4.21. The van der Waals surface area contributed by atoms with E-state index in [1.165, 1.54) is 6.33 Å². The molecular weight excluding hydrogens is 446 g/mol. The minimum Gasteiger partial charge on any atom is -0.361 e. The number of fused-ring (bicyclic) bond motifs is 2. The zero-order valence-corrected chi connectivity index (χ0v) is 18.1. The van der Waals surface area contributed by atoms with Crippen LogP contribution in [0.1, 0.15) is 18.7 Å². The summed E-state index contributed by atoms with van der Waals surface area (Å²) in [6.45, 7) is 1.86. The number of aromatic nitrogens is 3. The lowest BCUT2D eigenvalue weighted by Gasteiger charge is -2.22. The van der Waals surface area contributed by atoms with Crippen molar-refractivity contribution in [1.29, 1.82) is 0 Å². The SMILES string of the molecule is CC(Nc1ncnc2cc(F)c(F)cc12)c1cc2cccc(Cl)c2c(=O)n1-c1ccccc1. The molecule has 164 valence electrons. The van der Waals surface area contributed by atoms with Crippen LogP contribution in [0, 0.1) is 11.6 Å². The largest absolute Gasteiger partial charge is 0.361 e. The van der Waals surface area contributed by atoms with Gasteiger partial charge in [-0.05, 0) is 42.6 Å². The zero-order chi connectivity index (χ0) is 23.1. The molecular formula is C25H17ClF2N4O. The van der Waals surface area contributed by atoms with Crippen LogP contribution in [0.3, 0.4) is 0 Å². The first kappa shape index (κ1) is 21.0. The smallest absolute Gasteiger partial charge is 0.264 e. The molecule has 0 aliphatic carbocycles. The Hall–Kier alpha value is -3.84. The maximum Gasteiger partial charge on any atom is 0.264 e. The Bertz CT molecular complexity index is 1570. The van der Waals surface area contributed by atoms with Crippen LogP contribution < -0.4 is 10.9 Å². The molecule has 0 radical (unpaired) electrons. The monoisotopic (exact) mass is 462 g/mol. The lowest BCUT2D eigenvalue weighted by molar-refractivity contribution is 0.510. The fourth-order valence-electron chi connectivity index (χ4n) is 3.95. The molecule has 0 saturated heterocycles. The van der Waals surface area contributed by atoms with Crippen molar-refractivity contribution in [2.45, 2.75) is 13.0 Å². The van der Waals surface area contributed by atoms with E-state index in [0.29, 0.717) is 38.4 Å². The lowest BCUT2D eigenvalue weighted by atomic mass is 10.1. The summed E-state index contributed by atoms with van der Waals surface area (Å²) >= 11 is 6.36. The van der Waals surface area contributed by atoms with Crippen LogP contribution in [0.25, 0.3) is 27.4 Å². The number of hydrogen-bond donors (Lipinski definition) is 1. The molecule has 5 nitrogen and oxygen atoms in total. The highest BCUT2D eigenvalue weighted by Gasteiger charge is 2.19. The van der Waals surface area contributed by atoms with Crippen LogP contribution in [0.4, 0.5) is 14.6 Å². The molecule has 2 heterocycles. The summed E-state index contributed by atoms with van der Waals surface area (Å²) in [6.07, 6.45) is 1.28. The number of benzene rings is 3. The number of halogens is 3. The number of hydrogen-bond acceptors (Lipinski definition) is 4. The number of anilines is 1. The van der Waals surface area contributed by atoms with Crippen molar-refractivity contribution in [3.63, 3.8) is 0 Å². The van der Waals surface area contributed by atoms with E-state index in [0.717, 1.165) is 12.1 Å². The Morgan fingerprint density at radius 1 is 0.970 bits per heavy atom. The number of para-hydroxylation sites is 1. The van der Waals surface area contributed by atoms with E-state index < -0.39 is 17.7 Å². The second-order valence-electron chi connectivity index (χ2n) is 7.62. The van der Waals surface area contributed by atoms with Crippen molar-refractivity contribution < 1.29 is 8.78 Å². The molecule has 5 aromatic rings. The van der Waals surface area contributed by atoms with Crippen molar-refractivity contribution in [1.82, 2.24) is 14.5 Å². The highest BCUT2D eigenvalue weighted by atomic mass is 35.5. The molecule has 0 amide bonds. The van der Waals surface area contributed by atoms with Crippen molar-refractivity contribution in [3.05, 3.63) is 106 Å². The van der Waals surface area contributed by atoms with Crippen LogP contribution >= 0.6 is 11.6 Å². The first-order chi connectivity index (χ1) is 15.9. The predicted molar refractivity (Wildman–Crippen MR) is 126 cm³/mol. The van der Waals surface area contributed by atoms with Crippen LogP contribution in [-0.4, -0.2) is 14.5 Å². The summed E-state index contributed by atoms with van der Waals surface area (Å²) < 4.78 is 29.2. The zero-order valence-electron chi connectivity index (χ0n) is 17.4. The van der Waals surface area contributed by atoms with Gasteiger partial charge in [-0.3, -0.25) is 9.36 Å². The third kappa shape index (κ3) is 3.70. The summed E-state index contributed by atoms with van der Waals surface area (Å²) in [7, 11) is 0. The maximum absolute atomic E-state index is 13.9. The van der Waals surface area contributed by atoms with Gasteiger partial charge >= 0.3 is 0 Å². The highest BCUT2D eigenvalue weighted by molar-refractivity contribution is 6.35. The molecule has 0 spiro atoms. The first-order valence-electron chi connectivity index (χ1n) is 10.2. The van der Waals surface area contributed by atoms with Crippen LogP contribution in [0.15, 0.2) is 77.9 Å². The summed E-state index contributed by atoms with van der Waals surface area (Å²) in [5.74, 6) is -1.65. The Morgan fingerprint density at radius 2 is 1.73 bits per heavy atom. The molecule has 1 N–H and O–H groups in total. The molecule has 0 aliphatic rings. The molecule has 5 rings (SSSR count). The van der Waals surface area contributed by atoms with Gasteiger partial charge in [0.1, 0.15) is 12.1 Å². The van der Waals surface area contributed by atoms with Gasteiger partial charge in [-0.1, -0.05) is 41.9 Å². The van der Waals surface area contributed by atoms with E-state index in [2.05, 4.69) is 15.3 Å². The van der Waals surface area contributed by atoms with Gasteiger partial charge in [-0.15, -0.1) is 0 Å². The highest BCUT2D eigenvalue weighted by Crippen LogP contribution is 2.29. The quantitative estimate of drug-likeness (QED) is 0.354. The molecule has 3 aromatic carbocycles. The van der Waals surface area contributed by atoms with Crippen LogP contribution in [0.2, 0.25) is 5.02 Å². The van der Waals surface area contributed by atoms with E-state index in [-0.39, 0.29) is 11.1 Å². The van der Waals surface area contributed by atoms with Crippen molar-refractivity contribution in [2.24, 2.45) is 0 Å². The number of pyridine rings is 1. The van der Waals surface area contributed by atoms with Gasteiger partial charge in [0, 0.05) is 22.8 Å². The normalized spacial score (nSPS) is 12.2. The number of nitrogens with zero attached hydrogens (tertiary/aromatic N) is 3. The number of rotatable bonds is 4. The van der Waals surface area contributed by atoms with E-state index >= 15 is 0 Å². The third-order valence-corrected chi connectivity index (χ3v) is 5.83. The minimum absolute atomic E-state index is 0.256. The molecule has 8 heteroatoms. The molecule has 0 bridgehead atoms. The van der Waals surface area contributed by atoms with Gasteiger partial charge in [-0.25, -0.2) is 18.7 Å². The first-order valence-corrected chi connectivity index (χ1v) is 10.6. The minimum atomic E-state index is -0.991. The average molecular weight is 463 g/mol. The maximum atomic E-state index is 13.9. The molecule has 0 saturated carbocycles. The summed E-state index contributed by atoms with van der Waals surface area (Å²) in [6, 6.07) is 18.0. The summed E-state index contributed by atoms with van der Waals surface area (Å²) in [4.78, 5) is 21.8. The van der Waals surface area contributed by atoms with Gasteiger partial charge in [0.15, 0.2) is 11.6 Å². The molecule has 1 unspecified atom stereocenters. The Labute approximate surface area is 192 Å². The Balaban J connectivity index is 1.70. The fraction of sp³-hybridized carbons (Fsp3) is 0.0800. The van der Waals surface area contributed by atoms with Crippen LogP contribution in [0.5, 0.6) is 0 Å². The van der Waals surface area contributed by atoms with Crippen molar-refractivity contribution >= 4 is 39.1 Å². The van der Waals surface area contributed by atoms with Gasteiger partial charge in [0.2, 0.25) is 0 Å². The van der Waals surface area contributed by atoms with Crippen molar-refractivity contribution in [3.8, 4) is 5.69 Å². The van der Waals surface area contributed by atoms with Gasteiger partial charge < -0.3 is 5.32 Å². The molecule has 2 aromatic heterocycles. The average Bonchev–Trinajstić information content (AvgIpc) is 2.80. The number of nitrogens with one attached hydrogen (secondary N) is 1. The third-order valence-electron chi connectivity index (χ3n) is 5.51. The van der Waals surface area contributed by atoms with Gasteiger partial charge in [0.05, 0.1) is 22.0 Å². The second-order valence-corrected chi connectivity index (χ2v) is 8.03. The molecule has 0 fully saturated rings. The van der Waals surface area contributed by atoms with Gasteiger partial charge in [0.25, 0.3) is 5.56 Å². The molecule has 33 heavy (non-hydrogen) atoms. The van der Waals surface area contributed by atoms with Crippen molar-refractivity contribution in [2.75, 3.05) is 5.32 Å². The molecule has 1 atom stereocenters. The van der Waals surface area contributed by atoms with E-state index in [4.69, 9.17) is 11.6 Å². The van der Waals surface area contributed by atoms with E-state index in [9.17, 15) is 13.6 Å². The summed E-state index contributed by atoms with van der Waals surface area (Å²) in [5, 5.41) is 5.05. The van der Waals surface area contributed by atoms with E-state index in [1.807, 2.05) is 49.4 Å². The Morgan fingerprint density at radius 3 is 2.52 bits per heavy atom. The second kappa shape index (κ2) is 8.26. The van der Waals surface area contributed by atoms with Crippen LogP contribution in [-0.2, 0) is 0 Å². The topological polar surface area (TPSA) is 59.8 Å². The summed E-state index contributed by atoms with van der Waals surface area (Å²) in [5.41, 5.74) is 1.34. The lowest BCUT2D eigenvalue weighted by Crippen LogP contribution is -2.25. The molecule has 0 aliphatic heterocycles.